The smallest absolute Gasteiger partial charge is 0.335 e. The van der Waals surface area contributed by atoms with Crippen LogP contribution in [0.3, 0.4) is 0 Å². The molecular weight excluding hydrogens is 386 g/mol. The van der Waals surface area contributed by atoms with Crippen LogP contribution >= 0.6 is 11.6 Å². The monoisotopic (exact) mass is 413 g/mol. The van der Waals surface area contributed by atoms with Crippen LogP contribution in [0.25, 0.3) is 0 Å². The summed E-state index contributed by atoms with van der Waals surface area (Å²) in [7, 11) is 0. The number of hydrogen-bond donors (Lipinski definition) is 4. The van der Waals surface area contributed by atoms with E-state index in [0.717, 1.165) is 17.0 Å². The fourth-order valence-electron chi connectivity index (χ4n) is 3.87. The molecule has 2 unspecified atom stereocenters. The SMILES string of the molecule is Clc1ccc(CC2CCC3CCCCN3C2)cc1.O=C(O)[C@H](O)[C@@H](O)C(=O)O. The van der Waals surface area contributed by atoms with E-state index in [9.17, 15) is 9.59 Å². The van der Waals surface area contributed by atoms with Crippen LogP contribution < -0.4 is 0 Å². The molecule has 1 aromatic carbocycles. The van der Waals surface area contributed by atoms with Crippen molar-refractivity contribution >= 4 is 23.5 Å². The van der Waals surface area contributed by atoms with E-state index in [1.165, 1.54) is 57.2 Å². The summed E-state index contributed by atoms with van der Waals surface area (Å²) in [6.07, 6.45) is 3.80. The Labute approximate surface area is 169 Å². The molecule has 0 aliphatic carbocycles. The second-order valence-corrected chi connectivity index (χ2v) is 7.92. The van der Waals surface area contributed by atoms with Crippen molar-refractivity contribution in [2.45, 2.75) is 56.8 Å². The number of fused-ring (bicyclic) bond motifs is 1. The highest BCUT2D eigenvalue weighted by molar-refractivity contribution is 6.30. The number of aliphatic carboxylic acids is 2. The summed E-state index contributed by atoms with van der Waals surface area (Å²) >= 11 is 5.94. The van der Waals surface area contributed by atoms with Gasteiger partial charge in [0.05, 0.1) is 0 Å². The molecule has 28 heavy (non-hydrogen) atoms. The van der Waals surface area contributed by atoms with Crippen molar-refractivity contribution in [3.8, 4) is 0 Å². The van der Waals surface area contributed by atoms with Gasteiger partial charge in [-0.05, 0) is 62.3 Å². The molecule has 156 valence electrons. The zero-order valence-electron chi connectivity index (χ0n) is 15.7. The summed E-state index contributed by atoms with van der Waals surface area (Å²) in [6, 6.07) is 9.31. The van der Waals surface area contributed by atoms with E-state index in [-0.39, 0.29) is 0 Å². The zero-order valence-corrected chi connectivity index (χ0v) is 16.5. The van der Waals surface area contributed by atoms with E-state index in [0.29, 0.717) is 0 Å². The Morgan fingerprint density at radius 2 is 1.61 bits per heavy atom. The number of rotatable bonds is 5. The molecule has 4 atom stereocenters. The van der Waals surface area contributed by atoms with Gasteiger partial charge in [-0.3, -0.25) is 0 Å². The van der Waals surface area contributed by atoms with Gasteiger partial charge in [-0.2, -0.15) is 0 Å². The lowest BCUT2D eigenvalue weighted by Gasteiger charge is -2.42. The number of carboxylic acids is 2. The van der Waals surface area contributed by atoms with Crippen LogP contribution in [0.1, 0.15) is 37.7 Å². The minimum Gasteiger partial charge on any atom is -0.479 e. The van der Waals surface area contributed by atoms with Crippen molar-refractivity contribution in [3.05, 3.63) is 34.9 Å². The normalized spacial score (nSPS) is 24.2. The molecule has 0 amide bonds. The number of benzene rings is 1. The maximum Gasteiger partial charge on any atom is 0.335 e. The summed E-state index contributed by atoms with van der Waals surface area (Å²) in [5.74, 6) is -2.69. The van der Waals surface area contributed by atoms with Crippen LogP contribution in [0.2, 0.25) is 5.02 Å². The van der Waals surface area contributed by atoms with Crippen LogP contribution in [-0.4, -0.2) is 68.6 Å². The number of carboxylic acid groups (broad SMARTS) is 2. The highest BCUT2D eigenvalue weighted by atomic mass is 35.5. The third-order valence-corrected chi connectivity index (χ3v) is 5.64. The maximum atomic E-state index is 9.77. The predicted molar refractivity (Wildman–Crippen MR) is 104 cm³/mol. The van der Waals surface area contributed by atoms with Gasteiger partial charge in [0.2, 0.25) is 0 Å². The fraction of sp³-hybridized carbons (Fsp3) is 0.600. The lowest BCUT2D eigenvalue weighted by molar-refractivity contribution is -0.165. The highest BCUT2D eigenvalue weighted by Crippen LogP contribution is 2.30. The topological polar surface area (TPSA) is 118 Å². The van der Waals surface area contributed by atoms with E-state index in [1.807, 2.05) is 12.1 Å². The fourth-order valence-corrected chi connectivity index (χ4v) is 3.99. The number of carbonyl (C=O) groups is 2. The standard InChI is InChI=1S/C16H22ClN.C4H6O6/c17-15-7-4-13(5-8-15)11-14-6-9-16-3-1-2-10-18(16)12-14;5-1(3(7)8)2(6)4(9)10/h4-5,7-8,14,16H,1-3,6,9-12H2;1-2,5-6H,(H,7,8)(H,9,10)/t;1-,2-/m.1/s1. The first-order valence-electron chi connectivity index (χ1n) is 9.58. The Morgan fingerprint density at radius 3 is 2.18 bits per heavy atom. The third kappa shape index (κ3) is 6.74. The summed E-state index contributed by atoms with van der Waals surface area (Å²) in [5, 5.41) is 33.4. The maximum absolute atomic E-state index is 9.77. The van der Waals surface area contributed by atoms with Crippen LogP contribution in [0.15, 0.2) is 24.3 Å². The molecule has 0 aromatic heterocycles. The van der Waals surface area contributed by atoms with Gasteiger partial charge >= 0.3 is 11.9 Å². The summed E-state index contributed by atoms with van der Waals surface area (Å²) < 4.78 is 0. The Hall–Kier alpha value is -1.67. The molecule has 2 aliphatic heterocycles. The number of halogens is 1. The summed E-state index contributed by atoms with van der Waals surface area (Å²) in [6.45, 7) is 2.65. The van der Waals surface area contributed by atoms with E-state index < -0.39 is 24.1 Å². The molecule has 0 saturated carbocycles. The summed E-state index contributed by atoms with van der Waals surface area (Å²) in [4.78, 5) is 22.3. The van der Waals surface area contributed by atoms with Crippen molar-refractivity contribution in [1.82, 2.24) is 4.90 Å². The lowest BCUT2D eigenvalue weighted by atomic mass is 9.84. The third-order valence-electron chi connectivity index (χ3n) is 5.39. The molecule has 2 fully saturated rings. The number of nitrogens with zero attached hydrogens (tertiary/aromatic N) is 1. The molecule has 0 radical (unpaired) electrons. The number of aliphatic hydroxyl groups is 2. The minimum absolute atomic E-state index is 0.846. The first-order chi connectivity index (χ1) is 13.3. The van der Waals surface area contributed by atoms with Crippen molar-refractivity contribution in [2.24, 2.45) is 5.92 Å². The first kappa shape index (κ1) is 22.6. The van der Waals surface area contributed by atoms with Crippen molar-refractivity contribution in [2.75, 3.05) is 13.1 Å². The second kappa shape index (κ2) is 10.8. The number of hydrogen-bond acceptors (Lipinski definition) is 5. The van der Waals surface area contributed by atoms with Gasteiger partial charge in [-0.1, -0.05) is 30.2 Å². The van der Waals surface area contributed by atoms with Crippen LogP contribution in [-0.2, 0) is 16.0 Å². The van der Waals surface area contributed by atoms with Crippen molar-refractivity contribution in [1.29, 1.82) is 0 Å². The lowest BCUT2D eigenvalue weighted by Crippen LogP contribution is -2.46. The largest absolute Gasteiger partial charge is 0.479 e. The van der Waals surface area contributed by atoms with Gasteiger partial charge in [0.15, 0.2) is 12.2 Å². The molecule has 2 aliphatic rings. The Kier molecular flexibility index (Phi) is 8.69. The number of piperidine rings is 2. The van der Waals surface area contributed by atoms with Gasteiger partial charge in [0, 0.05) is 17.6 Å². The van der Waals surface area contributed by atoms with E-state index in [4.69, 9.17) is 32.0 Å². The van der Waals surface area contributed by atoms with Crippen molar-refractivity contribution in [3.63, 3.8) is 0 Å². The number of aliphatic hydroxyl groups excluding tert-OH is 2. The quantitative estimate of drug-likeness (QED) is 0.583. The van der Waals surface area contributed by atoms with Gasteiger partial charge in [-0.25, -0.2) is 9.59 Å². The highest BCUT2D eigenvalue weighted by Gasteiger charge is 2.30. The van der Waals surface area contributed by atoms with Gasteiger partial charge in [0.1, 0.15) is 0 Å². The van der Waals surface area contributed by atoms with Gasteiger partial charge in [-0.15, -0.1) is 0 Å². The average molecular weight is 414 g/mol. The summed E-state index contributed by atoms with van der Waals surface area (Å²) in [5.41, 5.74) is 1.44. The Balaban J connectivity index is 0.000000242. The second-order valence-electron chi connectivity index (χ2n) is 7.48. The van der Waals surface area contributed by atoms with E-state index in [1.54, 1.807) is 0 Å². The molecule has 0 spiro atoms. The first-order valence-corrected chi connectivity index (χ1v) is 9.96. The molecule has 2 saturated heterocycles. The molecule has 1 aromatic rings. The van der Waals surface area contributed by atoms with Crippen LogP contribution in [0.4, 0.5) is 0 Å². The van der Waals surface area contributed by atoms with Gasteiger partial charge in [0.25, 0.3) is 0 Å². The minimum atomic E-state index is -2.27. The molecule has 0 bridgehead atoms. The molecule has 2 heterocycles. The van der Waals surface area contributed by atoms with Gasteiger partial charge < -0.3 is 25.3 Å². The van der Waals surface area contributed by atoms with Crippen molar-refractivity contribution < 1.29 is 30.0 Å². The molecule has 3 rings (SSSR count). The van der Waals surface area contributed by atoms with E-state index >= 15 is 0 Å². The zero-order chi connectivity index (χ0) is 20.7. The average Bonchev–Trinajstić information content (AvgIpc) is 2.69. The molecular formula is C20H28ClNO6. The van der Waals surface area contributed by atoms with E-state index in [2.05, 4.69) is 17.0 Å². The molecule has 4 N–H and O–H groups in total. The Morgan fingerprint density at radius 1 is 1.00 bits per heavy atom. The van der Waals surface area contributed by atoms with Crippen LogP contribution in [0, 0.1) is 5.92 Å². The predicted octanol–water partition coefficient (Wildman–Crippen LogP) is 2.02. The molecule has 8 heteroatoms. The van der Waals surface area contributed by atoms with Crippen LogP contribution in [0.5, 0.6) is 0 Å². The Bertz CT molecular complexity index is 635. The molecule has 7 nitrogen and oxygen atoms in total.